The number of nitrogens with zero attached hydrogens (tertiary/aromatic N) is 4. The van der Waals surface area contributed by atoms with Crippen molar-refractivity contribution in [2.45, 2.75) is 37.3 Å². The summed E-state index contributed by atoms with van der Waals surface area (Å²) in [6.45, 7) is 5.22. The number of aromatic nitrogens is 2. The number of halogens is 1. The van der Waals surface area contributed by atoms with Gasteiger partial charge in [0.25, 0.3) is 0 Å². The maximum Gasteiger partial charge on any atom is 0.326 e. The van der Waals surface area contributed by atoms with Crippen LogP contribution in [-0.2, 0) is 9.59 Å². The first-order valence-corrected chi connectivity index (χ1v) is 11.7. The summed E-state index contributed by atoms with van der Waals surface area (Å²) in [5.41, 5.74) is 2.45. The fraction of sp³-hybridized carbons (Fsp3) is 0.296. The van der Waals surface area contributed by atoms with Crippen LogP contribution in [0.1, 0.15) is 30.7 Å². The maximum absolute atomic E-state index is 13.3. The largest absolute Gasteiger partial charge is 0.480 e. The van der Waals surface area contributed by atoms with Gasteiger partial charge >= 0.3 is 5.97 Å². The van der Waals surface area contributed by atoms with Gasteiger partial charge in [-0.25, -0.2) is 13.9 Å². The van der Waals surface area contributed by atoms with E-state index in [1.165, 1.54) is 17.0 Å². The fourth-order valence-electron chi connectivity index (χ4n) is 4.59. The zero-order valence-corrected chi connectivity index (χ0v) is 19.4. The molecule has 3 aromatic rings. The first-order valence-electron chi connectivity index (χ1n) is 11.7. The third-order valence-electron chi connectivity index (χ3n) is 6.46. The summed E-state index contributed by atoms with van der Waals surface area (Å²) in [5, 5.41) is 14.0. The average molecular weight is 477 g/mol. The summed E-state index contributed by atoms with van der Waals surface area (Å²) in [6, 6.07) is 14.8. The standard InChI is InChI=1S/C27H29FN4O3/c1-2-15-30(26-18-24(26)20-6-8-21(28)9-7-20)16-3-5-25(27(34)35)31(19-33)22-10-12-23(13-11-22)32-17-4-14-29-32/h2,4,6-14,17,19,24-26H,1,3,5,15-16,18H2,(H,34,35)/t24-,25-,26+/m0/s1. The molecule has 2 aromatic carbocycles. The Hall–Kier alpha value is -3.78. The molecule has 1 aliphatic rings. The molecular formula is C27H29FN4O3. The van der Waals surface area contributed by atoms with Gasteiger partial charge in [-0.1, -0.05) is 18.2 Å². The SMILES string of the molecule is C=CCN(CCC[C@@H](C(=O)O)N(C=O)c1ccc(-n2cccn2)cc1)[C@@H]1C[C@H]1c1ccc(F)cc1. The lowest BCUT2D eigenvalue weighted by Gasteiger charge is -2.27. The van der Waals surface area contributed by atoms with Gasteiger partial charge in [-0.2, -0.15) is 5.10 Å². The van der Waals surface area contributed by atoms with E-state index in [1.807, 2.05) is 30.5 Å². The molecule has 1 aromatic heterocycles. The van der Waals surface area contributed by atoms with Gasteiger partial charge in [0.1, 0.15) is 11.9 Å². The Morgan fingerprint density at radius 2 is 1.97 bits per heavy atom. The molecule has 0 bridgehead atoms. The monoisotopic (exact) mass is 476 g/mol. The van der Waals surface area contributed by atoms with Gasteiger partial charge in [0.2, 0.25) is 6.41 Å². The maximum atomic E-state index is 13.3. The molecule has 182 valence electrons. The third-order valence-corrected chi connectivity index (χ3v) is 6.46. The third kappa shape index (κ3) is 5.84. The summed E-state index contributed by atoms with van der Waals surface area (Å²) in [7, 11) is 0. The second-order valence-electron chi connectivity index (χ2n) is 8.72. The normalized spacial score (nSPS) is 17.7. The van der Waals surface area contributed by atoms with Crippen LogP contribution in [0.4, 0.5) is 10.1 Å². The van der Waals surface area contributed by atoms with Crippen molar-refractivity contribution < 1.29 is 19.1 Å². The Morgan fingerprint density at radius 1 is 1.23 bits per heavy atom. The molecule has 1 amide bonds. The first-order chi connectivity index (χ1) is 17.0. The second kappa shape index (κ2) is 11.1. The lowest BCUT2D eigenvalue weighted by molar-refractivity contribution is -0.139. The molecule has 0 aliphatic heterocycles. The lowest BCUT2D eigenvalue weighted by Crippen LogP contribution is -2.41. The van der Waals surface area contributed by atoms with E-state index < -0.39 is 12.0 Å². The molecule has 1 heterocycles. The number of hydrogen-bond acceptors (Lipinski definition) is 4. The number of rotatable bonds is 13. The molecule has 8 heteroatoms. The summed E-state index contributed by atoms with van der Waals surface area (Å²) in [6.07, 6.45) is 7.80. The van der Waals surface area contributed by atoms with Crippen LogP contribution in [0, 0.1) is 5.82 Å². The second-order valence-corrected chi connectivity index (χ2v) is 8.72. The quantitative estimate of drug-likeness (QED) is 0.295. The Balaban J connectivity index is 1.38. The smallest absolute Gasteiger partial charge is 0.326 e. The van der Waals surface area contributed by atoms with E-state index in [0.717, 1.165) is 17.7 Å². The highest BCUT2D eigenvalue weighted by atomic mass is 19.1. The number of aliphatic carboxylic acids is 1. The summed E-state index contributed by atoms with van der Waals surface area (Å²) in [4.78, 5) is 27.5. The zero-order chi connectivity index (χ0) is 24.8. The van der Waals surface area contributed by atoms with Crippen LogP contribution in [0.2, 0.25) is 0 Å². The van der Waals surface area contributed by atoms with Crippen molar-refractivity contribution in [2.24, 2.45) is 0 Å². The Labute approximate surface area is 204 Å². The molecule has 0 radical (unpaired) electrons. The molecular weight excluding hydrogens is 447 g/mol. The number of anilines is 1. The highest BCUT2D eigenvalue weighted by Gasteiger charge is 2.42. The number of carboxylic acids is 1. The van der Waals surface area contributed by atoms with Gasteiger partial charge in [-0.3, -0.25) is 9.69 Å². The number of carbonyl (C=O) groups is 2. The number of amides is 1. The van der Waals surface area contributed by atoms with Crippen LogP contribution >= 0.6 is 0 Å². The molecule has 1 saturated carbocycles. The van der Waals surface area contributed by atoms with E-state index in [4.69, 9.17) is 0 Å². The van der Waals surface area contributed by atoms with Crippen molar-refractivity contribution in [3.63, 3.8) is 0 Å². The van der Waals surface area contributed by atoms with Gasteiger partial charge in [-0.05, 0) is 73.8 Å². The molecule has 35 heavy (non-hydrogen) atoms. The van der Waals surface area contributed by atoms with Gasteiger partial charge < -0.3 is 10.0 Å². The first kappa shape index (κ1) is 24.3. The van der Waals surface area contributed by atoms with Crippen molar-refractivity contribution in [3.8, 4) is 5.69 Å². The van der Waals surface area contributed by atoms with Crippen LogP contribution < -0.4 is 4.90 Å². The average Bonchev–Trinajstić information content (AvgIpc) is 3.46. The summed E-state index contributed by atoms with van der Waals surface area (Å²) < 4.78 is 14.9. The van der Waals surface area contributed by atoms with Crippen molar-refractivity contribution in [1.82, 2.24) is 14.7 Å². The zero-order valence-electron chi connectivity index (χ0n) is 19.4. The van der Waals surface area contributed by atoms with Gasteiger partial charge in [-0.15, -0.1) is 6.58 Å². The molecule has 3 atom stereocenters. The number of hydrogen-bond donors (Lipinski definition) is 1. The van der Waals surface area contributed by atoms with E-state index in [9.17, 15) is 19.1 Å². The highest BCUT2D eigenvalue weighted by molar-refractivity contribution is 5.88. The number of benzene rings is 2. The van der Waals surface area contributed by atoms with E-state index in [1.54, 1.807) is 35.1 Å². The van der Waals surface area contributed by atoms with Crippen LogP contribution in [0.25, 0.3) is 5.69 Å². The predicted octanol–water partition coefficient (Wildman–Crippen LogP) is 4.25. The van der Waals surface area contributed by atoms with Crippen molar-refractivity contribution in [1.29, 1.82) is 0 Å². The Bertz CT molecular complexity index is 1130. The topological polar surface area (TPSA) is 78.7 Å². The van der Waals surface area contributed by atoms with Crippen molar-refractivity contribution >= 4 is 18.1 Å². The van der Waals surface area contributed by atoms with Crippen molar-refractivity contribution in [2.75, 3.05) is 18.0 Å². The van der Waals surface area contributed by atoms with Gasteiger partial charge in [0.05, 0.1) is 5.69 Å². The molecule has 1 fully saturated rings. The molecule has 0 saturated heterocycles. The van der Waals surface area contributed by atoms with E-state index in [0.29, 0.717) is 50.0 Å². The van der Waals surface area contributed by atoms with Gasteiger partial charge in [0, 0.05) is 36.6 Å². The predicted molar refractivity (Wildman–Crippen MR) is 132 cm³/mol. The molecule has 7 nitrogen and oxygen atoms in total. The van der Waals surface area contributed by atoms with Crippen molar-refractivity contribution in [3.05, 3.63) is 91.0 Å². The van der Waals surface area contributed by atoms with Crippen LogP contribution in [0.15, 0.2) is 79.6 Å². The minimum atomic E-state index is -1.04. The van der Waals surface area contributed by atoms with E-state index in [2.05, 4.69) is 16.6 Å². The Kier molecular flexibility index (Phi) is 7.72. The minimum absolute atomic E-state index is 0.246. The summed E-state index contributed by atoms with van der Waals surface area (Å²) >= 11 is 0. The minimum Gasteiger partial charge on any atom is -0.480 e. The molecule has 1 N–H and O–H groups in total. The van der Waals surface area contributed by atoms with Crippen LogP contribution in [0.3, 0.4) is 0 Å². The molecule has 0 unspecified atom stereocenters. The molecule has 4 rings (SSSR count). The van der Waals surface area contributed by atoms with E-state index in [-0.39, 0.29) is 5.82 Å². The number of carboxylic acid groups (broad SMARTS) is 1. The Morgan fingerprint density at radius 3 is 2.57 bits per heavy atom. The van der Waals surface area contributed by atoms with Crippen LogP contribution in [0.5, 0.6) is 0 Å². The van der Waals surface area contributed by atoms with Crippen LogP contribution in [-0.4, -0.2) is 57.3 Å². The van der Waals surface area contributed by atoms with E-state index >= 15 is 0 Å². The number of carbonyl (C=O) groups excluding carboxylic acids is 1. The molecule has 1 aliphatic carbocycles. The highest BCUT2D eigenvalue weighted by Crippen LogP contribution is 2.44. The van der Waals surface area contributed by atoms with Gasteiger partial charge in [0.15, 0.2) is 0 Å². The summed E-state index contributed by atoms with van der Waals surface area (Å²) in [5.74, 6) is -0.950. The molecule has 0 spiro atoms. The lowest BCUT2D eigenvalue weighted by atomic mass is 10.1. The fourth-order valence-corrected chi connectivity index (χ4v) is 4.59.